The van der Waals surface area contributed by atoms with Crippen LogP contribution in [-0.2, 0) is 0 Å². The molecule has 0 unspecified atom stereocenters. The molecule has 0 saturated heterocycles. The summed E-state index contributed by atoms with van der Waals surface area (Å²) in [6.07, 6.45) is 1.39. The van der Waals surface area contributed by atoms with Gasteiger partial charge in [0, 0.05) is 17.7 Å². The number of ether oxygens (including phenoxy) is 2. The summed E-state index contributed by atoms with van der Waals surface area (Å²) in [5.74, 6) is 0.815. The van der Waals surface area contributed by atoms with Crippen molar-refractivity contribution in [1.29, 1.82) is 0 Å². The van der Waals surface area contributed by atoms with E-state index in [2.05, 4.69) is 20.7 Å². The fourth-order valence-corrected chi connectivity index (χ4v) is 2.55. The molecule has 0 spiro atoms. The van der Waals surface area contributed by atoms with E-state index in [0.717, 1.165) is 5.56 Å². The number of amides is 1. The number of hydrogen-bond donors (Lipinski definition) is 2. The van der Waals surface area contributed by atoms with Crippen LogP contribution in [0.5, 0.6) is 11.5 Å². The molecular weight excluding hydrogens is 366 g/mol. The number of nitrogens with zero attached hydrogens (tertiary/aromatic N) is 3. The van der Waals surface area contributed by atoms with Gasteiger partial charge in [-0.1, -0.05) is 0 Å². The number of hydrogen-bond acceptors (Lipinski definition) is 7. The summed E-state index contributed by atoms with van der Waals surface area (Å²) in [6.45, 7) is 0.180. The largest absolute Gasteiger partial charge is 0.454 e. The van der Waals surface area contributed by atoms with Gasteiger partial charge in [-0.2, -0.15) is 10.2 Å². The Morgan fingerprint density at radius 1 is 1.18 bits per heavy atom. The number of rotatable bonds is 5. The van der Waals surface area contributed by atoms with Crippen molar-refractivity contribution in [3.8, 4) is 22.8 Å². The Labute approximate surface area is 157 Å². The molecule has 0 atom stereocenters. The molecule has 1 aliphatic heterocycles. The molecule has 4 rings (SSSR count). The third-order valence-electron chi connectivity index (χ3n) is 3.97. The smallest absolute Gasteiger partial charge is 0.289 e. The standard InChI is InChI=1S/C18H13N5O5/c24-18(22-19-9-11-1-4-13(5-2-11)23(25)26)15-8-14(20-21-15)12-3-6-16-17(7-12)28-10-27-16/h1-9H,10H2,(H,20,21)(H,22,24)/b19-9-. The van der Waals surface area contributed by atoms with Crippen molar-refractivity contribution >= 4 is 17.8 Å². The number of nitro benzene ring substituents is 1. The molecule has 0 radical (unpaired) electrons. The van der Waals surface area contributed by atoms with Crippen molar-refractivity contribution in [2.45, 2.75) is 0 Å². The third kappa shape index (κ3) is 3.51. The van der Waals surface area contributed by atoms with Gasteiger partial charge in [-0.3, -0.25) is 20.0 Å². The van der Waals surface area contributed by atoms with E-state index in [1.807, 2.05) is 6.07 Å². The highest BCUT2D eigenvalue weighted by Gasteiger charge is 2.16. The number of aromatic nitrogens is 2. The molecule has 0 bridgehead atoms. The fraction of sp³-hybridized carbons (Fsp3) is 0.0556. The van der Waals surface area contributed by atoms with E-state index < -0.39 is 10.8 Å². The highest BCUT2D eigenvalue weighted by molar-refractivity contribution is 5.94. The molecule has 1 aliphatic rings. The highest BCUT2D eigenvalue weighted by atomic mass is 16.7. The molecule has 1 aromatic heterocycles. The number of nitrogens with one attached hydrogen (secondary N) is 2. The van der Waals surface area contributed by atoms with Crippen LogP contribution in [0.4, 0.5) is 5.69 Å². The van der Waals surface area contributed by atoms with Crippen molar-refractivity contribution in [3.63, 3.8) is 0 Å². The van der Waals surface area contributed by atoms with Crippen LogP contribution in [-0.4, -0.2) is 34.0 Å². The second-order valence-corrected chi connectivity index (χ2v) is 5.78. The van der Waals surface area contributed by atoms with Crippen molar-refractivity contribution in [1.82, 2.24) is 15.6 Å². The Morgan fingerprint density at radius 2 is 1.96 bits per heavy atom. The van der Waals surface area contributed by atoms with E-state index in [-0.39, 0.29) is 18.2 Å². The maximum Gasteiger partial charge on any atom is 0.289 e. The summed E-state index contributed by atoms with van der Waals surface area (Å²) in [7, 11) is 0. The molecule has 2 N–H and O–H groups in total. The van der Waals surface area contributed by atoms with Gasteiger partial charge in [0.15, 0.2) is 11.5 Å². The molecule has 0 fully saturated rings. The van der Waals surface area contributed by atoms with Gasteiger partial charge in [-0.25, -0.2) is 5.43 Å². The first-order valence-corrected chi connectivity index (χ1v) is 8.13. The molecule has 1 amide bonds. The zero-order chi connectivity index (χ0) is 19.5. The lowest BCUT2D eigenvalue weighted by Gasteiger charge is -1.99. The van der Waals surface area contributed by atoms with Crippen LogP contribution in [0.3, 0.4) is 0 Å². The SMILES string of the molecule is O=C(N/N=C\c1ccc([N+](=O)[O-])cc1)c1cc(-c2ccc3c(c2)OCO3)n[nH]1. The summed E-state index contributed by atoms with van der Waals surface area (Å²) >= 11 is 0. The number of fused-ring (bicyclic) bond motifs is 1. The minimum atomic E-state index is -0.487. The molecule has 2 aromatic carbocycles. The number of nitro groups is 1. The van der Waals surface area contributed by atoms with Gasteiger partial charge in [0.1, 0.15) is 5.69 Å². The van der Waals surface area contributed by atoms with Gasteiger partial charge in [-0.05, 0) is 42.0 Å². The van der Waals surface area contributed by atoms with Gasteiger partial charge >= 0.3 is 0 Å². The molecule has 140 valence electrons. The lowest BCUT2D eigenvalue weighted by Crippen LogP contribution is -2.17. The van der Waals surface area contributed by atoms with E-state index in [9.17, 15) is 14.9 Å². The maximum atomic E-state index is 12.2. The van der Waals surface area contributed by atoms with E-state index >= 15 is 0 Å². The van der Waals surface area contributed by atoms with Crippen molar-refractivity contribution in [2.75, 3.05) is 6.79 Å². The van der Waals surface area contributed by atoms with Crippen LogP contribution in [0.15, 0.2) is 53.6 Å². The van der Waals surface area contributed by atoms with Crippen LogP contribution in [0, 0.1) is 10.1 Å². The molecule has 3 aromatic rings. The molecule has 2 heterocycles. The normalized spacial score (nSPS) is 12.3. The minimum Gasteiger partial charge on any atom is -0.454 e. The molecule has 0 saturated carbocycles. The van der Waals surface area contributed by atoms with Crippen molar-refractivity contribution < 1.29 is 19.2 Å². The summed E-state index contributed by atoms with van der Waals surface area (Å²) in [4.78, 5) is 22.3. The van der Waals surface area contributed by atoms with E-state index in [4.69, 9.17) is 9.47 Å². The molecule has 0 aliphatic carbocycles. The van der Waals surface area contributed by atoms with Gasteiger partial charge in [0.25, 0.3) is 11.6 Å². The van der Waals surface area contributed by atoms with Gasteiger partial charge < -0.3 is 9.47 Å². The first-order valence-electron chi connectivity index (χ1n) is 8.13. The number of hydrazone groups is 1. The quantitative estimate of drug-likeness (QED) is 0.398. The fourth-order valence-electron chi connectivity index (χ4n) is 2.55. The van der Waals surface area contributed by atoms with Crippen LogP contribution in [0.2, 0.25) is 0 Å². The summed E-state index contributed by atoms with van der Waals surface area (Å²) < 4.78 is 10.6. The zero-order valence-corrected chi connectivity index (χ0v) is 14.3. The summed E-state index contributed by atoms with van der Waals surface area (Å²) in [6, 6.07) is 12.7. The van der Waals surface area contributed by atoms with Crippen molar-refractivity contribution in [2.24, 2.45) is 5.10 Å². The second kappa shape index (κ2) is 7.19. The van der Waals surface area contributed by atoms with Gasteiger partial charge in [-0.15, -0.1) is 0 Å². The molecule has 10 nitrogen and oxygen atoms in total. The number of carbonyl (C=O) groups is 1. The Bertz CT molecular complexity index is 1070. The summed E-state index contributed by atoms with van der Waals surface area (Å²) in [5.41, 5.74) is 4.54. The molecule has 28 heavy (non-hydrogen) atoms. The predicted octanol–water partition coefficient (Wildman–Crippen LogP) is 2.48. The average Bonchev–Trinajstić information content (AvgIpc) is 3.37. The Hall–Kier alpha value is -4.21. The van der Waals surface area contributed by atoms with Crippen LogP contribution in [0.25, 0.3) is 11.3 Å². The van der Waals surface area contributed by atoms with Crippen LogP contribution >= 0.6 is 0 Å². The topological polar surface area (TPSA) is 132 Å². The molecule has 10 heteroatoms. The zero-order valence-electron chi connectivity index (χ0n) is 14.3. The van der Waals surface area contributed by atoms with E-state index in [1.165, 1.54) is 30.5 Å². The number of aromatic amines is 1. The average molecular weight is 379 g/mol. The number of carbonyl (C=O) groups excluding carboxylic acids is 1. The van der Waals surface area contributed by atoms with Crippen LogP contribution in [0.1, 0.15) is 16.1 Å². The Kier molecular flexibility index (Phi) is 4.42. The number of non-ortho nitro benzene ring substituents is 1. The monoisotopic (exact) mass is 379 g/mol. The van der Waals surface area contributed by atoms with Gasteiger partial charge in [0.05, 0.1) is 16.8 Å². The second-order valence-electron chi connectivity index (χ2n) is 5.78. The highest BCUT2D eigenvalue weighted by Crippen LogP contribution is 2.35. The first-order chi connectivity index (χ1) is 13.6. The third-order valence-corrected chi connectivity index (χ3v) is 3.97. The van der Waals surface area contributed by atoms with Crippen molar-refractivity contribution in [3.05, 3.63) is 69.9 Å². The number of benzene rings is 2. The Morgan fingerprint density at radius 3 is 2.75 bits per heavy atom. The Balaban J connectivity index is 1.41. The maximum absolute atomic E-state index is 12.2. The lowest BCUT2D eigenvalue weighted by molar-refractivity contribution is -0.384. The lowest BCUT2D eigenvalue weighted by atomic mass is 10.1. The minimum absolute atomic E-state index is 0.0188. The molecular formula is C18H13N5O5. The number of H-pyrrole nitrogens is 1. The summed E-state index contributed by atoms with van der Waals surface area (Å²) in [5, 5.41) is 21.3. The van der Waals surface area contributed by atoms with Gasteiger partial charge in [0.2, 0.25) is 6.79 Å². The van der Waals surface area contributed by atoms with E-state index in [1.54, 1.807) is 18.2 Å². The van der Waals surface area contributed by atoms with Crippen LogP contribution < -0.4 is 14.9 Å². The van der Waals surface area contributed by atoms with E-state index in [0.29, 0.717) is 22.8 Å². The first kappa shape index (κ1) is 17.2. The predicted molar refractivity (Wildman–Crippen MR) is 98.3 cm³/mol.